The maximum absolute atomic E-state index is 13.2. The van der Waals surface area contributed by atoms with Crippen LogP contribution in [0.25, 0.3) is 11.1 Å². The molecule has 2 aromatic heterocycles. The summed E-state index contributed by atoms with van der Waals surface area (Å²) in [6.45, 7) is 5.91. The van der Waals surface area contributed by atoms with Crippen molar-refractivity contribution in [3.05, 3.63) is 58.4 Å². The molecule has 7 nitrogen and oxygen atoms in total. The fourth-order valence-electron chi connectivity index (χ4n) is 4.36. The van der Waals surface area contributed by atoms with Crippen LogP contribution in [0.3, 0.4) is 0 Å². The smallest absolute Gasteiger partial charge is 0.259 e. The molecule has 0 spiro atoms. The van der Waals surface area contributed by atoms with E-state index in [0.29, 0.717) is 42.1 Å². The molecule has 2 amide bonds. The van der Waals surface area contributed by atoms with Gasteiger partial charge in [-0.2, -0.15) is 0 Å². The van der Waals surface area contributed by atoms with Gasteiger partial charge in [0.15, 0.2) is 0 Å². The summed E-state index contributed by atoms with van der Waals surface area (Å²) in [5.74, 6) is 0.598. The van der Waals surface area contributed by atoms with Crippen LogP contribution in [0, 0.1) is 0 Å². The minimum Gasteiger partial charge on any atom is -0.348 e. The number of likely N-dealkylation sites (tertiary alicyclic amines) is 1. The molecule has 2 aliphatic rings. The van der Waals surface area contributed by atoms with Crippen molar-refractivity contribution in [2.45, 2.75) is 64.5 Å². The quantitative estimate of drug-likeness (QED) is 0.602. The third kappa shape index (κ3) is 4.11. The van der Waals surface area contributed by atoms with E-state index in [4.69, 9.17) is 4.52 Å². The molecule has 166 valence electrons. The predicted molar refractivity (Wildman–Crippen MR) is 120 cm³/mol. The lowest BCUT2D eigenvalue weighted by molar-refractivity contribution is -0.128. The molecule has 1 aliphatic carbocycles. The van der Waals surface area contributed by atoms with E-state index < -0.39 is 0 Å². The highest BCUT2D eigenvalue weighted by Crippen LogP contribution is 2.41. The molecule has 7 heteroatoms. The Kier molecular flexibility index (Phi) is 5.41. The van der Waals surface area contributed by atoms with E-state index >= 15 is 0 Å². The minimum absolute atomic E-state index is 0.126. The third-order valence-electron chi connectivity index (χ3n) is 6.27. The number of hydrogen-bond acceptors (Lipinski definition) is 5. The van der Waals surface area contributed by atoms with Crippen molar-refractivity contribution in [3.63, 3.8) is 0 Å². The molecule has 3 aromatic rings. The Morgan fingerprint density at radius 1 is 1.25 bits per heavy atom. The second-order valence-electron chi connectivity index (χ2n) is 9.19. The van der Waals surface area contributed by atoms with Crippen molar-refractivity contribution in [1.29, 1.82) is 0 Å². The van der Waals surface area contributed by atoms with Gasteiger partial charge < -0.3 is 14.7 Å². The molecular formula is C25H28N4O3. The molecule has 2 fully saturated rings. The number of rotatable bonds is 7. The Labute approximate surface area is 187 Å². The predicted octanol–water partition coefficient (Wildman–Crippen LogP) is 4.28. The van der Waals surface area contributed by atoms with Crippen LogP contribution in [0.15, 0.2) is 34.9 Å². The zero-order valence-corrected chi connectivity index (χ0v) is 18.6. The maximum atomic E-state index is 13.2. The summed E-state index contributed by atoms with van der Waals surface area (Å²) in [6.07, 6.45) is 3.76. The summed E-state index contributed by atoms with van der Waals surface area (Å²) < 4.78 is 5.50. The first kappa shape index (κ1) is 20.7. The largest absolute Gasteiger partial charge is 0.348 e. The van der Waals surface area contributed by atoms with Crippen molar-refractivity contribution >= 4 is 22.9 Å². The molecule has 5 rings (SSSR count). The molecule has 1 aliphatic heterocycles. The van der Waals surface area contributed by atoms with Gasteiger partial charge in [-0.15, -0.1) is 0 Å². The zero-order valence-electron chi connectivity index (χ0n) is 18.6. The van der Waals surface area contributed by atoms with Crippen molar-refractivity contribution in [2.24, 2.45) is 0 Å². The molecule has 0 unspecified atom stereocenters. The highest BCUT2D eigenvalue weighted by atomic mass is 16.5. The van der Waals surface area contributed by atoms with Gasteiger partial charge in [-0.05, 0) is 42.4 Å². The third-order valence-corrected chi connectivity index (χ3v) is 6.27. The zero-order chi connectivity index (χ0) is 22.2. The number of benzene rings is 1. The molecule has 0 atom stereocenters. The van der Waals surface area contributed by atoms with E-state index in [2.05, 4.69) is 21.5 Å². The standard InChI is InChI=1S/C25H28N4O3/c1-15(2)23-22-19(12-20(18-8-9-18)27-25(22)32-28-23)24(31)26-13-16-5-3-6-17(11-16)14-29-10-4-7-21(29)30/h3,5-6,11-12,15,18H,4,7-10,13-14H2,1-2H3,(H,26,31). The van der Waals surface area contributed by atoms with Crippen LogP contribution in [0.1, 0.15) is 84.2 Å². The summed E-state index contributed by atoms with van der Waals surface area (Å²) in [4.78, 5) is 31.7. The second-order valence-corrected chi connectivity index (χ2v) is 9.19. The molecule has 0 radical (unpaired) electrons. The first-order chi connectivity index (χ1) is 15.5. The van der Waals surface area contributed by atoms with Gasteiger partial charge in [0.2, 0.25) is 5.91 Å². The number of nitrogens with one attached hydrogen (secondary N) is 1. The number of fused-ring (bicyclic) bond motifs is 1. The Morgan fingerprint density at radius 3 is 2.78 bits per heavy atom. The first-order valence-corrected chi connectivity index (χ1v) is 11.4. The van der Waals surface area contributed by atoms with Gasteiger partial charge in [0, 0.05) is 37.7 Å². The highest BCUT2D eigenvalue weighted by Gasteiger charge is 2.29. The maximum Gasteiger partial charge on any atom is 0.259 e. The molecule has 1 N–H and O–H groups in total. The highest BCUT2D eigenvalue weighted by molar-refractivity contribution is 6.06. The van der Waals surface area contributed by atoms with E-state index in [1.807, 2.05) is 43.0 Å². The van der Waals surface area contributed by atoms with Crippen LogP contribution in [-0.2, 0) is 17.9 Å². The van der Waals surface area contributed by atoms with Crippen molar-refractivity contribution < 1.29 is 14.1 Å². The Hall–Kier alpha value is -3.22. The summed E-state index contributed by atoms with van der Waals surface area (Å²) in [7, 11) is 0. The minimum atomic E-state index is -0.149. The number of nitrogens with zero attached hydrogens (tertiary/aromatic N) is 3. The van der Waals surface area contributed by atoms with E-state index in [0.717, 1.165) is 48.3 Å². The van der Waals surface area contributed by atoms with Crippen LogP contribution in [0.2, 0.25) is 0 Å². The van der Waals surface area contributed by atoms with Gasteiger partial charge in [0.05, 0.1) is 16.6 Å². The lowest BCUT2D eigenvalue weighted by atomic mass is 10.0. The molecule has 1 saturated carbocycles. The molecule has 3 heterocycles. The number of aromatic nitrogens is 2. The Morgan fingerprint density at radius 2 is 2.06 bits per heavy atom. The molecule has 1 aromatic carbocycles. The van der Waals surface area contributed by atoms with E-state index in [-0.39, 0.29) is 17.7 Å². The van der Waals surface area contributed by atoms with Crippen LogP contribution in [0.4, 0.5) is 0 Å². The van der Waals surface area contributed by atoms with Crippen LogP contribution < -0.4 is 5.32 Å². The van der Waals surface area contributed by atoms with Gasteiger partial charge in [-0.1, -0.05) is 43.3 Å². The number of pyridine rings is 1. The summed E-state index contributed by atoms with van der Waals surface area (Å²) >= 11 is 0. The van der Waals surface area contributed by atoms with Crippen LogP contribution in [0.5, 0.6) is 0 Å². The van der Waals surface area contributed by atoms with Crippen LogP contribution >= 0.6 is 0 Å². The number of amides is 2. The van der Waals surface area contributed by atoms with Crippen molar-refractivity contribution in [1.82, 2.24) is 20.4 Å². The average Bonchev–Trinajstić information content (AvgIpc) is 3.43. The monoisotopic (exact) mass is 432 g/mol. The number of hydrogen-bond donors (Lipinski definition) is 1. The Bertz CT molecular complexity index is 1180. The molecular weight excluding hydrogens is 404 g/mol. The summed E-state index contributed by atoms with van der Waals surface area (Å²) in [5, 5.41) is 7.97. The second kappa shape index (κ2) is 8.37. The van der Waals surface area contributed by atoms with Crippen molar-refractivity contribution in [3.8, 4) is 0 Å². The summed E-state index contributed by atoms with van der Waals surface area (Å²) in [6, 6.07) is 9.96. The van der Waals surface area contributed by atoms with Crippen molar-refractivity contribution in [2.75, 3.05) is 6.54 Å². The first-order valence-electron chi connectivity index (χ1n) is 11.4. The number of carbonyl (C=O) groups is 2. The fraction of sp³-hybridized carbons (Fsp3) is 0.440. The van der Waals surface area contributed by atoms with Gasteiger partial charge in [0.25, 0.3) is 11.6 Å². The Balaban J connectivity index is 1.35. The van der Waals surface area contributed by atoms with Gasteiger partial charge in [0.1, 0.15) is 0 Å². The fourth-order valence-corrected chi connectivity index (χ4v) is 4.36. The van der Waals surface area contributed by atoms with E-state index in [9.17, 15) is 9.59 Å². The van der Waals surface area contributed by atoms with Gasteiger partial charge in [-0.3, -0.25) is 9.59 Å². The van der Waals surface area contributed by atoms with Crippen LogP contribution in [-0.4, -0.2) is 33.4 Å². The lowest BCUT2D eigenvalue weighted by Crippen LogP contribution is -2.25. The average molecular weight is 433 g/mol. The normalized spacial score (nSPS) is 16.3. The van der Waals surface area contributed by atoms with Gasteiger partial charge >= 0.3 is 0 Å². The van der Waals surface area contributed by atoms with E-state index in [1.165, 1.54) is 0 Å². The van der Waals surface area contributed by atoms with Gasteiger partial charge in [-0.25, -0.2) is 4.98 Å². The molecule has 1 saturated heterocycles. The molecule has 32 heavy (non-hydrogen) atoms. The number of carbonyl (C=O) groups excluding carboxylic acids is 2. The van der Waals surface area contributed by atoms with E-state index in [1.54, 1.807) is 0 Å². The topological polar surface area (TPSA) is 88.3 Å². The molecule has 0 bridgehead atoms. The SMILES string of the molecule is CC(C)c1noc2nc(C3CC3)cc(C(=O)NCc3cccc(CN4CCCC4=O)c3)c12. The summed E-state index contributed by atoms with van der Waals surface area (Å²) in [5.41, 5.74) is 4.78. The lowest BCUT2D eigenvalue weighted by Gasteiger charge is -2.16.